The van der Waals surface area contributed by atoms with Gasteiger partial charge in [-0.3, -0.25) is 4.98 Å². The van der Waals surface area contributed by atoms with E-state index in [0.29, 0.717) is 6.54 Å². The maximum absolute atomic E-state index is 10.3. The summed E-state index contributed by atoms with van der Waals surface area (Å²) in [5, 5.41) is 3.17. The molecule has 0 aliphatic rings. The molecular formula is C12H11N2O3S-. The smallest absolute Gasteiger partial charge is 0.139 e. The Morgan fingerprint density at radius 2 is 2.00 bits per heavy atom. The van der Waals surface area contributed by atoms with Crippen LogP contribution < -0.4 is 9.50 Å². The Morgan fingerprint density at radius 1 is 1.22 bits per heavy atom. The first-order valence-electron chi connectivity index (χ1n) is 5.25. The van der Waals surface area contributed by atoms with E-state index < -0.39 is 11.4 Å². The molecule has 0 radical (unpaired) electrons. The van der Waals surface area contributed by atoms with Crippen molar-refractivity contribution in [1.82, 2.24) is 4.98 Å². The lowest BCUT2D eigenvalue weighted by atomic mass is 10.3. The predicted molar refractivity (Wildman–Crippen MR) is 67.6 cm³/mol. The molecular weight excluding hydrogens is 252 g/mol. The number of aromatic nitrogens is 1. The molecule has 1 unspecified atom stereocenters. The molecule has 0 spiro atoms. The van der Waals surface area contributed by atoms with Crippen molar-refractivity contribution in [2.75, 3.05) is 5.32 Å². The molecule has 1 aromatic carbocycles. The zero-order valence-electron chi connectivity index (χ0n) is 9.41. The van der Waals surface area contributed by atoms with Crippen LogP contribution in [0.1, 0.15) is 5.69 Å². The second kappa shape index (κ2) is 6.13. The third-order valence-electron chi connectivity index (χ3n) is 2.22. The van der Waals surface area contributed by atoms with Gasteiger partial charge in [0.15, 0.2) is 0 Å². The largest absolute Gasteiger partial charge is 0.740 e. The van der Waals surface area contributed by atoms with Crippen LogP contribution in [-0.2, 0) is 17.9 Å². The minimum Gasteiger partial charge on any atom is -0.740 e. The normalized spacial score (nSPS) is 11.8. The molecule has 0 saturated carbocycles. The van der Waals surface area contributed by atoms with Gasteiger partial charge >= 0.3 is 0 Å². The van der Waals surface area contributed by atoms with E-state index in [4.69, 9.17) is 0 Å². The molecule has 1 aromatic heterocycles. The number of nitrogens with one attached hydrogen (secondary N) is 1. The van der Waals surface area contributed by atoms with Crippen molar-refractivity contribution in [3.05, 3.63) is 54.4 Å². The van der Waals surface area contributed by atoms with E-state index in [1.807, 2.05) is 18.2 Å². The summed E-state index contributed by atoms with van der Waals surface area (Å²) in [5.41, 5.74) is 1.79. The van der Waals surface area contributed by atoms with Crippen LogP contribution in [-0.4, -0.2) is 13.7 Å². The fourth-order valence-electron chi connectivity index (χ4n) is 1.40. The van der Waals surface area contributed by atoms with Gasteiger partial charge in [0.25, 0.3) is 0 Å². The molecule has 94 valence electrons. The highest BCUT2D eigenvalue weighted by atomic mass is 32.2. The number of pyridine rings is 1. The number of anilines is 1. The first-order chi connectivity index (χ1) is 8.74. The molecule has 1 atom stereocenters. The molecule has 6 heteroatoms. The lowest BCUT2D eigenvalue weighted by molar-refractivity contribution is 0.440. The second-order valence-corrected chi connectivity index (χ2v) is 4.06. The molecule has 5 nitrogen and oxygen atoms in total. The van der Waals surface area contributed by atoms with E-state index in [-0.39, 0.29) is 5.75 Å². The summed E-state index contributed by atoms with van der Waals surface area (Å²) < 4.78 is 25.1. The molecule has 0 saturated heterocycles. The zero-order chi connectivity index (χ0) is 12.8. The predicted octanol–water partition coefficient (Wildman–Crippen LogP) is 1.87. The molecule has 0 aliphatic heterocycles. The average molecular weight is 263 g/mol. The van der Waals surface area contributed by atoms with Crippen molar-refractivity contribution in [3.8, 4) is 5.75 Å². The third kappa shape index (κ3) is 3.83. The zero-order valence-corrected chi connectivity index (χ0v) is 10.2. The maximum atomic E-state index is 10.3. The minimum atomic E-state index is -2.54. The van der Waals surface area contributed by atoms with Gasteiger partial charge in [0.05, 0.1) is 12.2 Å². The van der Waals surface area contributed by atoms with Crippen molar-refractivity contribution < 1.29 is 12.9 Å². The van der Waals surface area contributed by atoms with Crippen LogP contribution >= 0.6 is 0 Å². The monoisotopic (exact) mass is 263 g/mol. The van der Waals surface area contributed by atoms with E-state index in [1.165, 1.54) is 0 Å². The van der Waals surface area contributed by atoms with Gasteiger partial charge in [-0.05, 0) is 36.4 Å². The molecule has 2 rings (SSSR count). The van der Waals surface area contributed by atoms with Gasteiger partial charge in [-0.15, -0.1) is 0 Å². The van der Waals surface area contributed by atoms with Crippen LogP contribution in [0.3, 0.4) is 0 Å². The number of hydrogen-bond donors (Lipinski definition) is 1. The van der Waals surface area contributed by atoms with Crippen LogP contribution in [0.2, 0.25) is 0 Å². The van der Waals surface area contributed by atoms with Crippen LogP contribution in [0.4, 0.5) is 5.69 Å². The van der Waals surface area contributed by atoms with E-state index in [1.54, 1.807) is 30.5 Å². The lowest BCUT2D eigenvalue weighted by Gasteiger charge is -2.09. The van der Waals surface area contributed by atoms with Crippen LogP contribution in [0.25, 0.3) is 0 Å². The Bertz CT molecular complexity index is 517. The first kappa shape index (κ1) is 12.5. The Hall–Kier alpha value is -1.92. The SMILES string of the molecule is O=S([O-])Oc1ccc(NCc2ccccn2)cc1. The molecule has 0 aliphatic carbocycles. The first-order valence-corrected chi connectivity index (χ1v) is 6.25. The molecule has 0 amide bonds. The highest BCUT2D eigenvalue weighted by Crippen LogP contribution is 2.16. The van der Waals surface area contributed by atoms with E-state index in [0.717, 1.165) is 11.4 Å². The van der Waals surface area contributed by atoms with Gasteiger partial charge in [-0.2, -0.15) is 0 Å². The van der Waals surface area contributed by atoms with Crippen molar-refractivity contribution >= 4 is 17.0 Å². The number of rotatable bonds is 5. The molecule has 2 aromatic rings. The van der Waals surface area contributed by atoms with Crippen LogP contribution in [0.15, 0.2) is 48.7 Å². The number of hydrogen-bond acceptors (Lipinski definition) is 5. The molecule has 18 heavy (non-hydrogen) atoms. The standard InChI is InChI=1S/C12H12N2O3S/c15-18(16)17-12-6-4-10(5-7-12)14-9-11-3-1-2-8-13-11/h1-8,14H,9H2,(H,15,16)/p-1. The quantitative estimate of drug-likeness (QED) is 0.833. The minimum absolute atomic E-state index is 0.284. The van der Waals surface area contributed by atoms with E-state index >= 15 is 0 Å². The fourth-order valence-corrected chi connectivity index (χ4v) is 1.67. The van der Waals surface area contributed by atoms with Crippen molar-refractivity contribution in [1.29, 1.82) is 0 Å². The second-order valence-electron chi connectivity index (χ2n) is 3.49. The topological polar surface area (TPSA) is 74.3 Å². The Morgan fingerprint density at radius 3 is 2.61 bits per heavy atom. The van der Waals surface area contributed by atoms with Gasteiger partial charge in [0.1, 0.15) is 17.1 Å². The van der Waals surface area contributed by atoms with Gasteiger partial charge in [0, 0.05) is 11.9 Å². The Kier molecular flexibility index (Phi) is 4.27. The Balaban J connectivity index is 1.92. The fraction of sp³-hybridized carbons (Fsp3) is 0.0833. The molecule has 1 heterocycles. The molecule has 1 N–H and O–H groups in total. The van der Waals surface area contributed by atoms with E-state index in [9.17, 15) is 8.76 Å². The van der Waals surface area contributed by atoms with Gasteiger partial charge < -0.3 is 14.1 Å². The van der Waals surface area contributed by atoms with Crippen LogP contribution in [0.5, 0.6) is 5.75 Å². The lowest BCUT2D eigenvalue weighted by Crippen LogP contribution is -2.01. The molecule has 0 bridgehead atoms. The number of benzene rings is 1. The molecule has 0 fully saturated rings. The summed E-state index contributed by atoms with van der Waals surface area (Å²) >= 11 is -2.54. The van der Waals surface area contributed by atoms with Crippen molar-refractivity contribution in [2.24, 2.45) is 0 Å². The summed E-state index contributed by atoms with van der Waals surface area (Å²) in [4.78, 5) is 4.18. The van der Waals surface area contributed by atoms with E-state index in [2.05, 4.69) is 14.5 Å². The van der Waals surface area contributed by atoms with Crippen molar-refractivity contribution in [3.63, 3.8) is 0 Å². The summed E-state index contributed by atoms with van der Waals surface area (Å²) in [6.07, 6.45) is 1.73. The highest BCUT2D eigenvalue weighted by molar-refractivity contribution is 7.74. The summed E-state index contributed by atoms with van der Waals surface area (Å²) in [5.74, 6) is 0.284. The Labute approximate surface area is 107 Å². The van der Waals surface area contributed by atoms with Gasteiger partial charge in [-0.25, -0.2) is 4.21 Å². The highest BCUT2D eigenvalue weighted by Gasteiger charge is 1.96. The summed E-state index contributed by atoms with van der Waals surface area (Å²) in [6.45, 7) is 0.606. The summed E-state index contributed by atoms with van der Waals surface area (Å²) in [7, 11) is 0. The third-order valence-corrected chi connectivity index (χ3v) is 2.55. The summed E-state index contributed by atoms with van der Waals surface area (Å²) in [6, 6.07) is 12.3. The van der Waals surface area contributed by atoms with Gasteiger partial charge in [-0.1, -0.05) is 6.07 Å². The average Bonchev–Trinajstić information content (AvgIpc) is 2.38. The van der Waals surface area contributed by atoms with Crippen LogP contribution in [0, 0.1) is 0 Å². The number of nitrogens with zero attached hydrogens (tertiary/aromatic N) is 1. The van der Waals surface area contributed by atoms with Crippen molar-refractivity contribution in [2.45, 2.75) is 6.54 Å². The van der Waals surface area contributed by atoms with Gasteiger partial charge in [0.2, 0.25) is 0 Å². The maximum Gasteiger partial charge on any atom is 0.139 e.